The van der Waals surface area contributed by atoms with Crippen LogP contribution in [0.15, 0.2) is 0 Å². The van der Waals surface area contributed by atoms with Gasteiger partial charge in [-0.15, -0.1) is 0 Å². The average Bonchev–Trinajstić information content (AvgIpc) is 1.86. The summed E-state index contributed by atoms with van der Waals surface area (Å²) in [4.78, 5) is 20.9. The van der Waals surface area contributed by atoms with Crippen molar-refractivity contribution in [2.45, 2.75) is 24.3 Å². The van der Waals surface area contributed by atoms with Gasteiger partial charge in [0.05, 0.1) is 6.10 Å². The van der Waals surface area contributed by atoms with Gasteiger partial charge in [-0.3, -0.25) is 4.79 Å². The Morgan fingerprint density at radius 3 is 2.27 bits per heavy atom. The van der Waals surface area contributed by atoms with E-state index in [0.717, 1.165) is 0 Å². The smallest absolute Gasteiger partial charge is 0.350 e. The molecular formula is C6H8Cl2O3. The Morgan fingerprint density at radius 2 is 2.00 bits per heavy atom. The molecule has 0 unspecified atom stereocenters. The van der Waals surface area contributed by atoms with E-state index in [4.69, 9.17) is 23.2 Å². The lowest BCUT2D eigenvalue weighted by molar-refractivity contribution is -0.148. The normalized spacial score (nSPS) is 11.4. The summed E-state index contributed by atoms with van der Waals surface area (Å²) in [6, 6.07) is 0. The molecule has 0 heterocycles. The Kier molecular flexibility index (Phi) is 3.83. The molecule has 0 saturated carbocycles. The number of aldehydes is 1. The Hall–Kier alpha value is -0.280. The van der Waals surface area contributed by atoms with Gasteiger partial charge in [0, 0.05) is 0 Å². The Balaban J connectivity index is 4.13. The van der Waals surface area contributed by atoms with Gasteiger partial charge in [0.1, 0.15) is 0 Å². The lowest BCUT2D eigenvalue weighted by atomic mass is 10.4. The van der Waals surface area contributed by atoms with Crippen LogP contribution in [0.5, 0.6) is 0 Å². The molecule has 0 N–H and O–H groups in total. The molecule has 0 bridgehead atoms. The summed E-state index contributed by atoms with van der Waals surface area (Å²) in [6.45, 7) is 3.26. The van der Waals surface area contributed by atoms with Crippen molar-refractivity contribution in [2.24, 2.45) is 0 Å². The monoisotopic (exact) mass is 198 g/mol. The van der Waals surface area contributed by atoms with Gasteiger partial charge in [-0.1, -0.05) is 23.2 Å². The Labute approximate surface area is 74.6 Å². The van der Waals surface area contributed by atoms with Crippen molar-refractivity contribution in [2.75, 3.05) is 0 Å². The second kappa shape index (κ2) is 3.93. The Morgan fingerprint density at radius 1 is 1.55 bits per heavy atom. The minimum Gasteiger partial charge on any atom is -0.460 e. The van der Waals surface area contributed by atoms with Crippen LogP contribution in [0.4, 0.5) is 0 Å². The third kappa shape index (κ3) is 3.58. The van der Waals surface area contributed by atoms with E-state index in [1.54, 1.807) is 13.8 Å². The number of hydrogen-bond donors (Lipinski definition) is 0. The molecule has 0 fully saturated rings. The van der Waals surface area contributed by atoms with Crippen molar-refractivity contribution in [1.82, 2.24) is 0 Å². The SMILES string of the molecule is CC(C)OC(=O)C(Cl)(Cl)C=O. The van der Waals surface area contributed by atoms with Crippen LogP contribution in [0.2, 0.25) is 0 Å². The van der Waals surface area contributed by atoms with Gasteiger partial charge in [0.15, 0.2) is 6.29 Å². The van der Waals surface area contributed by atoms with Crippen LogP contribution < -0.4 is 0 Å². The molecule has 0 aliphatic carbocycles. The zero-order chi connectivity index (χ0) is 9.07. The van der Waals surface area contributed by atoms with Crippen molar-refractivity contribution in [3.05, 3.63) is 0 Å². The fraction of sp³-hybridized carbons (Fsp3) is 0.667. The van der Waals surface area contributed by atoms with E-state index in [1.807, 2.05) is 0 Å². The molecule has 0 aromatic carbocycles. The van der Waals surface area contributed by atoms with Crippen molar-refractivity contribution < 1.29 is 14.3 Å². The quantitative estimate of drug-likeness (QED) is 0.298. The van der Waals surface area contributed by atoms with Crippen molar-refractivity contribution >= 4 is 35.5 Å². The highest BCUT2D eigenvalue weighted by Crippen LogP contribution is 2.20. The van der Waals surface area contributed by atoms with Gasteiger partial charge in [-0.2, -0.15) is 0 Å². The molecule has 5 heteroatoms. The molecule has 0 amide bonds. The highest BCUT2D eigenvalue weighted by molar-refractivity contribution is 6.64. The van der Waals surface area contributed by atoms with Gasteiger partial charge >= 0.3 is 5.97 Å². The van der Waals surface area contributed by atoms with Gasteiger partial charge in [-0.25, -0.2) is 4.79 Å². The molecular weight excluding hydrogens is 191 g/mol. The number of hydrogen-bond acceptors (Lipinski definition) is 3. The van der Waals surface area contributed by atoms with Crippen LogP contribution in [-0.2, 0) is 14.3 Å². The molecule has 0 saturated heterocycles. The number of carbonyl (C=O) groups is 2. The van der Waals surface area contributed by atoms with E-state index >= 15 is 0 Å². The first-order valence-electron chi connectivity index (χ1n) is 2.95. The van der Waals surface area contributed by atoms with Gasteiger partial charge in [0.25, 0.3) is 4.33 Å². The highest BCUT2D eigenvalue weighted by Gasteiger charge is 2.35. The van der Waals surface area contributed by atoms with E-state index in [1.165, 1.54) is 0 Å². The van der Waals surface area contributed by atoms with Gasteiger partial charge in [-0.05, 0) is 13.8 Å². The predicted octanol–water partition coefficient (Wildman–Crippen LogP) is 1.31. The maximum Gasteiger partial charge on any atom is 0.350 e. The molecule has 0 atom stereocenters. The number of esters is 1. The lowest BCUT2D eigenvalue weighted by Gasteiger charge is -2.13. The fourth-order valence-corrected chi connectivity index (χ4v) is 0.430. The first-order valence-corrected chi connectivity index (χ1v) is 3.71. The van der Waals surface area contributed by atoms with E-state index in [2.05, 4.69) is 4.74 Å². The van der Waals surface area contributed by atoms with Crippen LogP contribution in [0.25, 0.3) is 0 Å². The number of halogens is 2. The minimum atomic E-state index is -2.07. The first kappa shape index (κ1) is 10.7. The number of carbonyl (C=O) groups excluding carboxylic acids is 2. The van der Waals surface area contributed by atoms with Crippen molar-refractivity contribution in [1.29, 1.82) is 0 Å². The van der Waals surface area contributed by atoms with Crippen LogP contribution in [0.1, 0.15) is 13.8 Å². The maximum atomic E-state index is 10.8. The molecule has 0 rings (SSSR count). The van der Waals surface area contributed by atoms with E-state index in [9.17, 15) is 9.59 Å². The molecule has 0 aliphatic heterocycles. The van der Waals surface area contributed by atoms with Gasteiger partial charge in [0.2, 0.25) is 0 Å². The first-order chi connectivity index (χ1) is 4.90. The standard InChI is InChI=1S/C6H8Cl2O3/c1-4(2)11-5(10)6(7,8)3-9/h3-4H,1-2H3. The summed E-state index contributed by atoms with van der Waals surface area (Å²) in [5, 5.41) is 0. The molecule has 11 heavy (non-hydrogen) atoms. The highest BCUT2D eigenvalue weighted by atomic mass is 35.5. The lowest BCUT2D eigenvalue weighted by Crippen LogP contribution is -2.31. The number of ether oxygens (including phenoxy) is 1. The van der Waals surface area contributed by atoms with E-state index in [-0.39, 0.29) is 12.4 Å². The van der Waals surface area contributed by atoms with E-state index in [0.29, 0.717) is 0 Å². The summed E-state index contributed by atoms with van der Waals surface area (Å²) in [7, 11) is 0. The van der Waals surface area contributed by atoms with Gasteiger partial charge < -0.3 is 4.74 Å². The molecule has 0 aliphatic rings. The van der Waals surface area contributed by atoms with Crippen LogP contribution in [0.3, 0.4) is 0 Å². The van der Waals surface area contributed by atoms with Crippen molar-refractivity contribution in [3.8, 4) is 0 Å². The largest absolute Gasteiger partial charge is 0.460 e. The zero-order valence-electron chi connectivity index (χ0n) is 6.14. The number of alkyl halides is 2. The van der Waals surface area contributed by atoms with Crippen LogP contribution in [-0.4, -0.2) is 22.7 Å². The molecule has 64 valence electrons. The van der Waals surface area contributed by atoms with Crippen molar-refractivity contribution in [3.63, 3.8) is 0 Å². The maximum absolute atomic E-state index is 10.8. The average molecular weight is 199 g/mol. The molecule has 0 radical (unpaired) electrons. The third-order valence-corrected chi connectivity index (χ3v) is 1.25. The summed E-state index contributed by atoms with van der Waals surface area (Å²) in [5.74, 6) is -0.939. The van der Waals surface area contributed by atoms with Crippen LogP contribution >= 0.6 is 23.2 Å². The Bertz CT molecular complexity index is 165. The summed E-state index contributed by atoms with van der Waals surface area (Å²) in [5.41, 5.74) is 0. The van der Waals surface area contributed by atoms with Crippen LogP contribution in [0, 0.1) is 0 Å². The molecule has 0 aromatic heterocycles. The van der Waals surface area contributed by atoms with E-state index < -0.39 is 10.3 Å². The summed E-state index contributed by atoms with van der Waals surface area (Å²) in [6.07, 6.45) is -0.208. The minimum absolute atomic E-state index is 0.126. The zero-order valence-corrected chi connectivity index (χ0v) is 7.65. The molecule has 3 nitrogen and oxygen atoms in total. The second-order valence-corrected chi connectivity index (χ2v) is 3.58. The summed E-state index contributed by atoms with van der Waals surface area (Å²) < 4.78 is 2.51. The topological polar surface area (TPSA) is 43.4 Å². The molecule has 0 spiro atoms. The molecule has 0 aromatic rings. The number of rotatable bonds is 3. The second-order valence-electron chi connectivity index (χ2n) is 2.19. The summed E-state index contributed by atoms with van der Waals surface area (Å²) >= 11 is 10.5. The fourth-order valence-electron chi connectivity index (χ4n) is 0.341. The third-order valence-electron chi connectivity index (χ3n) is 0.763. The predicted molar refractivity (Wildman–Crippen MR) is 41.7 cm³/mol.